The lowest BCUT2D eigenvalue weighted by atomic mass is 9.86. The van der Waals surface area contributed by atoms with E-state index in [0.29, 0.717) is 12.3 Å². The van der Waals surface area contributed by atoms with Crippen molar-refractivity contribution in [3.63, 3.8) is 0 Å². The molecule has 2 aliphatic carbocycles. The van der Waals surface area contributed by atoms with Crippen LogP contribution in [0.2, 0.25) is 0 Å². The molecule has 0 spiro atoms. The Morgan fingerprint density at radius 3 is 2.75 bits per heavy atom. The monoisotopic (exact) mass is 275 g/mol. The Morgan fingerprint density at radius 2 is 2.20 bits per heavy atom. The minimum atomic E-state index is 0.163. The molecule has 0 radical (unpaired) electrons. The summed E-state index contributed by atoms with van der Waals surface area (Å²) in [5, 5.41) is 7.53. The zero-order chi connectivity index (χ0) is 14.3. The Labute approximate surface area is 120 Å². The van der Waals surface area contributed by atoms with Crippen molar-refractivity contribution in [1.82, 2.24) is 9.78 Å². The van der Waals surface area contributed by atoms with Gasteiger partial charge in [-0.1, -0.05) is 13.3 Å². The summed E-state index contributed by atoms with van der Waals surface area (Å²) < 4.78 is 1.80. The summed E-state index contributed by atoms with van der Waals surface area (Å²) in [6.07, 6.45) is 6.96. The van der Waals surface area contributed by atoms with Gasteiger partial charge in [0.05, 0.1) is 5.69 Å². The molecule has 1 N–H and O–H groups in total. The summed E-state index contributed by atoms with van der Waals surface area (Å²) in [7, 11) is 1.90. The third-order valence-corrected chi connectivity index (χ3v) is 5.31. The van der Waals surface area contributed by atoms with E-state index < -0.39 is 0 Å². The van der Waals surface area contributed by atoms with Crippen LogP contribution >= 0.6 is 0 Å². The fourth-order valence-electron chi connectivity index (χ4n) is 4.24. The van der Waals surface area contributed by atoms with Crippen molar-refractivity contribution >= 4 is 11.7 Å². The standard InChI is InChI=1S/C16H25N3O/c1-4-14-10(2)16(19(3)18-14)17-15(20)9-13-8-11-5-6-12(13)7-11/h11-13H,4-9H2,1-3H3,(H,17,20)/t11-,12+,13-/m0/s1. The molecule has 2 fully saturated rings. The van der Waals surface area contributed by atoms with E-state index in [2.05, 4.69) is 17.3 Å². The highest BCUT2D eigenvalue weighted by Gasteiger charge is 2.40. The van der Waals surface area contributed by atoms with E-state index in [1.807, 2.05) is 14.0 Å². The second-order valence-electron chi connectivity index (χ2n) is 6.58. The molecule has 2 aliphatic rings. The number of carbonyl (C=O) groups excluding carboxylic acids is 1. The first-order valence-corrected chi connectivity index (χ1v) is 7.90. The lowest BCUT2D eigenvalue weighted by Gasteiger charge is -2.21. The minimum absolute atomic E-state index is 0.163. The van der Waals surface area contributed by atoms with E-state index in [9.17, 15) is 4.79 Å². The Balaban J connectivity index is 1.63. The highest BCUT2D eigenvalue weighted by atomic mass is 16.1. The molecule has 2 bridgehead atoms. The molecule has 1 heterocycles. The van der Waals surface area contributed by atoms with E-state index in [1.54, 1.807) is 4.68 Å². The molecule has 4 nitrogen and oxygen atoms in total. The molecule has 3 atom stereocenters. The van der Waals surface area contributed by atoms with Crippen LogP contribution in [0.5, 0.6) is 0 Å². The SMILES string of the molecule is CCc1nn(C)c(NC(=O)C[C@@H]2C[C@H]3CC[C@@H]2C3)c1C. The van der Waals surface area contributed by atoms with Crippen LogP contribution in [0.15, 0.2) is 0 Å². The van der Waals surface area contributed by atoms with Crippen LogP contribution in [0.3, 0.4) is 0 Å². The zero-order valence-corrected chi connectivity index (χ0v) is 12.8. The van der Waals surface area contributed by atoms with Crippen LogP contribution in [0.25, 0.3) is 0 Å². The van der Waals surface area contributed by atoms with Crippen LogP contribution in [0.4, 0.5) is 5.82 Å². The van der Waals surface area contributed by atoms with E-state index in [4.69, 9.17) is 0 Å². The van der Waals surface area contributed by atoms with Gasteiger partial charge in [0.1, 0.15) is 5.82 Å². The summed E-state index contributed by atoms with van der Waals surface area (Å²) in [4.78, 5) is 12.3. The average Bonchev–Trinajstić information content (AvgIpc) is 3.09. The number of aromatic nitrogens is 2. The first kappa shape index (κ1) is 13.7. The topological polar surface area (TPSA) is 46.9 Å². The number of anilines is 1. The number of rotatable bonds is 4. The van der Waals surface area contributed by atoms with Crippen LogP contribution in [0, 0.1) is 24.7 Å². The fraction of sp³-hybridized carbons (Fsp3) is 0.750. The molecule has 0 aromatic carbocycles. The average molecular weight is 275 g/mol. The van der Waals surface area contributed by atoms with Gasteiger partial charge in [-0.05, 0) is 50.4 Å². The second-order valence-corrected chi connectivity index (χ2v) is 6.58. The predicted octanol–water partition coefficient (Wildman–Crippen LogP) is 3.06. The lowest BCUT2D eigenvalue weighted by molar-refractivity contribution is -0.117. The number of amides is 1. The van der Waals surface area contributed by atoms with Crippen LogP contribution in [0.1, 0.15) is 50.3 Å². The fourth-order valence-corrected chi connectivity index (χ4v) is 4.24. The molecule has 1 aromatic rings. The molecule has 20 heavy (non-hydrogen) atoms. The Bertz CT molecular complexity index is 520. The normalized spacial score (nSPS) is 28.1. The van der Waals surface area contributed by atoms with Gasteiger partial charge in [-0.15, -0.1) is 0 Å². The van der Waals surface area contributed by atoms with Crippen molar-refractivity contribution < 1.29 is 4.79 Å². The van der Waals surface area contributed by atoms with Crippen molar-refractivity contribution in [2.24, 2.45) is 24.8 Å². The Kier molecular flexibility index (Phi) is 3.57. The zero-order valence-electron chi connectivity index (χ0n) is 12.8. The van der Waals surface area contributed by atoms with Gasteiger partial charge in [-0.3, -0.25) is 9.48 Å². The first-order chi connectivity index (χ1) is 9.58. The molecule has 0 aliphatic heterocycles. The van der Waals surface area contributed by atoms with Gasteiger partial charge in [0.25, 0.3) is 0 Å². The van der Waals surface area contributed by atoms with Crippen LogP contribution in [-0.2, 0) is 18.3 Å². The maximum atomic E-state index is 12.3. The van der Waals surface area contributed by atoms with Crippen molar-refractivity contribution in [2.45, 2.75) is 52.4 Å². The summed E-state index contributed by atoms with van der Waals surface area (Å²) in [5.74, 6) is 3.37. The van der Waals surface area contributed by atoms with E-state index >= 15 is 0 Å². The van der Waals surface area contributed by atoms with Gasteiger partial charge in [0, 0.05) is 19.0 Å². The number of nitrogens with zero attached hydrogens (tertiary/aromatic N) is 2. The van der Waals surface area contributed by atoms with Gasteiger partial charge in [0.15, 0.2) is 0 Å². The van der Waals surface area contributed by atoms with Gasteiger partial charge in [-0.2, -0.15) is 5.10 Å². The van der Waals surface area contributed by atoms with E-state index in [0.717, 1.165) is 35.3 Å². The number of hydrogen-bond donors (Lipinski definition) is 1. The minimum Gasteiger partial charge on any atom is -0.311 e. The number of hydrogen-bond acceptors (Lipinski definition) is 2. The largest absolute Gasteiger partial charge is 0.311 e. The summed E-state index contributed by atoms with van der Waals surface area (Å²) in [6.45, 7) is 4.13. The van der Waals surface area contributed by atoms with Crippen molar-refractivity contribution in [1.29, 1.82) is 0 Å². The predicted molar refractivity (Wildman–Crippen MR) is 79.5 cm³/mol. The summed E-state index contributed by atoms with van der Waals surface area (Å²) in [6, 6.07) is 0. The lowest BCUT2D eigenvalue weighted by Crippen LogP contribution is -2.21. The number of fused-ring (bicyclic) bond motifs is 2. The van der Waals surface area contributed by atoms with Gasteiger partial charge in [-0.25, -0.2) is 0 Å². The Morgan fingerprint density at radius 1 is 1.40 bits per heavy atom. The molecular weight excluding hydrogens is 250 g/mol. The van der Waals surface area contributed by atoms with E-state index in [1.165, 1.54) is 25.7 Å². The van der Waals surface area contributed by atoms with Crippen molar-refractivity contribution in [3.8, 4) is 0 Å². The molecule has 3 rings (SSSR count). The molecule has 2 saturated carbocycles. The maximum Gasteiger partial charge on any atom is 0.225 e. The maximum absolute atomic E-state index is 12.3. The molecule has 1 amide bonds. The van der Waals surface area contributed by atoms with Crippen LogP contribution < -0.4 is 5.32 Å². The van der Waals surface area contributed by atoms with Gasteiger partial charge >= 0.3 is 0 Å². The summed E-state index contributed by atoms with van der Waals surface area (Å²) in [5.41, 5.74) is 2.18. The third-order valence-electron chi connectivity index (χ3n) is 5.31. The molecule has 0 saturated heterocycles. The van der Waals surface area contributed by atoms with Gasteiger partial charge in [0.2, 0.25) is 5.91 Å². The number of carbonyl (C=O) groups is 1. The highest BCUT2D eigenvalue weighted by Crippen LogP contribution is 2.49. The van der Waals surface area contributed by atoms with Crippen molar-refractivity contribution in [3.05, 3.63) is 11.3 Å². The van der Waals surface area contributed by atoms with Crippen LogP contribution in [-0.4, -0.2) is 15.7 Å². The van der Waals surface area contributed by atoms with Gasteiger partial charge < -0.3 is 5.32 Å². The highest BCUT2D eigenvalue weighted by molar-refractivity contribution is 5.90. The number of aryl methyl sites for hydroxylation is 2. The molecule has 4 heteroatoms. The first-order valence-electron chi connectivity index (χ1n) is 7.90. The molecular formula is C16H25N3O. The second kappa shape index (κ2) is 5.23. The molecule has 1 aromatic heterocycles. The van der Waals surface area contributed by atoms with Crippen molar-refractivity contribution in [2.75, 3.05) is 5.32 Å². The summed E-state index contributed by atoms with van der Waals surface area (Å²) >= 11 is 0. The molecule has 0 unspecified atom stereocenters. The van der Waals surface area contributed by atoms with E-state index in [-0.39, 0.29) is 5.91 Å². The quantitative estimate of drug-likeness (QED) is 0.918. The number of nitrogens with one attached hydrogen (secondary N) is 1. The third kappa shape index (κ3) is 2.36. The smallest absolute Gasteiger partial charge is 0.225 e. The Hall–Kier alpha value is -1.32. The molecule has 110 valence electrons.